The van der Waals surface area contributed by atoms with Crippen molar-refractivity contribution >= 4 is 11.3 Å². The lowest BCUT2D eigenvalue weighted by molar-refractivity contribution is 0.0422. The zero-order valence-corrected chi connectivity index (χ0v) is 10.1. The monoisotopic (exact) mass is 226 g/mol. The van der Waals surface area contributed by atoms with Gasteiger partial charge in [0.1, 0.15) is 0 Å². The first-order valence-corrected chi connectivity index (χ1v) is 6.24. The largest absolute Gasteiger partial charge is 0.381 e. The summed E-state index contributed by atoms with van der Waals surface area (Å²) in [5.74, 6) is 0.448. The van der Waals surface area contributed by atoms with E-state index in [-0.39, 0.29) is 6.04 Å². The summed E-state index contributed by atoms with van der Waals surface area (Å²) in [6.07, 6.45) is 1.95. The van der Waals surface area contributed by atoms with E-state index in [1.165, 1.54) is 9.88 Å². The average Bonchev–Trinajstić information content (AvgIpc) is 2.50. The molecule has 0 spiro atoms. The van der Waals surface area contributed by atoms with Crippen molar-refractivity contribution in [1.82, 2.24) is 4.98 Å². The van der Waals surface area contributed by atoms with E-state index >= 15 is 0 Å². The lowest BCUT2D eigenvalue weighted by Crippen LogP contribution is -2.39. The summed E-state index contributed by atoms with van der Waals surface area (Å²) < 4.78 is 5.46. The number of nitrogens with two attached hydrogens (primary N) is 1. The normalized spacial score (nSPS) is 26.9. The van der Waals surface area contributed by atoms with E-state index in [1.54, 1.807) is 11.3 Å². The fourth-order valence-electron chi connectivity index (χ4n) is 1.87. The van der Waals surface area contributed by atoms with E-state index in [2.05, 4.69) is 18.8 Å². The van der Waals surface area contributed by atoms with E-state index < -0.39 is 0 Å². The standard InChI is InChI=1S/C11H18N2OS/c1-7-8(2)15-11(13-7)5-9-6-14-4-3-10(9)12/h9-10H,3-6,12H2,1-2H3. The van der Waals surface area contributed by atoms with Crippen molar-refractivity contribution in [3.05, 3.63) is 15.6 Å². The molecule has 1 aliphatic rings. The molecular formula is C11H18N2OS. The zero-order chi connectivity index (χ0) is 10.8. The maximum atomic E-state index is 6.07. The molecule has 4 heteroatoms. The summed E-state index contributed by atoms with van der Waals surface area (Å²) >= 11 is 1.79. The number of hydrogen-bond acceptors (Lipinski definition) is 4. The summed E-state index contributed by atoms with van der Waals surface area (Å²) in [5.41, 5.74) is 7.22. The quantitative estimate of drug-likeness (QED) is 0.834. The van der Waals surface area contributed by atoms with Crippen molar-refractivity contribution in [3.63, 3.8) is 0 Å². The molecule has 1 aromatic rings. The predicted molar refractivity (Wildman–Crippen MR) is 62.2 cm³/mol. The number of aromatic nitrogens is 1. The first-order chi connectivity index (χ1) is 7.16. The zero-order valence-electron chi connectivity index (χ0n) is 9.32. The average molecular weight is 226 g/mol. The number of aryl methyl sites for hydroxylation is 2. The van der Waals surface area contributed by atoms with Crippen LogP contribution in [0.3, 0.4) is 0 Å². The topological polar surface area (TPSA) is 48.1 Å². The molecule has 2 N–H and O–H groups in total. The van der Waals surface area contributed by atoms with Gasteiger partial charge < -0.3 is 10.5 Å². The second kappa shape index (κ2) is 4.60. The Morgan fingerprint density at radius 1 is 1.53 bits per heavy atom. The Hall–Kier alpha value is -0.450. The molecule has 0 aromatic carbocycles. The van der Waals surface area contributed by atoms with Crippen LogP contribution in [0.4, 0.5) is 0 Å². The van der Waals surface area contributed by atoms with Crippen LogP contribution in [0.2, 0.25) is 0 Å². The maximum absolute atomic E-state index is 6.07. The molecule has 1 aliphatic heterocycles. The van der Waals surface area contributed by atoms with Crippen LogP contribution in [0.25, 0.3) is 0 Å². The van der Waals surface area contributed by atoms with Crippen LogP contribution < -0.4 is 5.73 Å². The second-order valence-corrected chi connectivity index (χ2v) is 5.53. The molecule has 0 bridgehead atoms. The van der Waals surface area contributed by atoms with Crippen LogP contribution in [0.1, 0.15) is 22.0 Å². The molecule has 0 radical (unpaired) electrons. The van der Waals surface area contributed by atoms with Crippen LogP contribution in [-0.2, 0) is 11.2 Å². The SMILES string of the molecule is Cc1nc(CC2COCCC2N)sc1C. The fraction of sp³-hybridized carbons (Fsp3) is 0.727. The molecule has 2 rings (SSSR count). The molecule has 0 saturated carbocycles. The first kappa shape index (κ1) is 11.0. The number of rotatable bonds is 2. The van der Waals surface area contributed by atoms with Gasteiger partial charge in [0.2, 0.25) is 0 Å². The Morgan fingerprint density at radius 2 is 2.33 bits per heavy atom. The third-order valence-corrected chi connectivity index (χ3v) is 4.14. The molecule has 2 unspecified atom stereocenters. The van der Waals surface area contributed by atoms with Gasteiger partial charge in [0, 0.05) is 29.9 Å². The summed E-state index contributed by atoms with van der Waals surface area (Å²) in [7, 11) is 0. The molecule has 1 fully saturated rings. The van der Waals surface area contributed by atoms with E-state index in [9.17, 15) is 0 Å². The first-order valence-electron chi connectivity index (χ1n) is 5.43. The number of thiazole rings is 1. The molecule has 15 heavy (non-hydrogen) atoms. The molecule has 2 heterocycles. The highest BCUT2D eigenvalue weighted by molar-refractivity contribution is 7.11. The summed E-state index contributed by atoms with van der Waals surface area (Å²) in [6.45, 7) is 5.78. The molecule has 0 amide bonds. The molecule has 1 aromatic heterocycles. The van der Waals surface area contributed by atoms with Crippen molar-refractivity contribution in [3.8, 4) is 0 Å². The maximum Gasteiger partial charge on any atom is 0.0935 e. The van der Waals surface area contributed by atoms with Gasteiger partial charge in [0.05, 0.1) is 17.3 Å². The highest BCUT2D eigenvalue weighted by atomic mass is 32.1. The summed E-state index contributed by atoms with van der Waals surface area (Å²) in [5, 5.41) is 1.20. The van der Waals surface area contributed by atoms with E-state index in [4.69, 9.17) is 10.5 Å². The van der Waals surface area contributed by atoms with Crippen molar-refractivity contribution < 1.29 is 4.74 Å². The Morgan fingerprint density at radius 3 is 2.93 bits per heavy atom. The molecule has 0 aliphatic carbocycles. The van der Waals surface area contributed by atoms with Crippen molar-refractivity contribution in [2.24, 2.45) is 11.7 Å². The Kier molecular flexibility index (Phi) is 3.38. The van der Waals surface area contributed by atoms with Crippen LogP contribution in [0.5, 0.6) is 0 Å². The van der Waals surface area contributed by atoms with Crippen molar-refractivity contribution in [1.29, 1.82) is 0 Å². The minimum Gasteiger partial charge on any atom is -0.381 e. The fourth-order valence-corrected chi connectivity index (χ4v) is 2.90. The smallest absolute Gasteiger partial charge is 0.0935 e. The molecule has 84 valence electrons. The van der Waals surface area contributed by atoms with Gasteiger partial charge in [0.15, 0.2) is 0 Å². The third-order valence-electron chi connectivity index (χ3n) is 3.04. The Bertz CT molecular complexity index is 318. The van der Waals surface area contributed by atoms with Crippen LogP contribution in [0.15, 0.2) is 0 Å². The van der Waals surface area contributed by atoms with Gasteiger partial charge in [-0.2, -0.15) is 0 Å². The lowest BCUT2D eigenvalue weighted by Gasteiger charge is -2.27. The van der Waals surface area contributed by atoms with Crippen LogP contribution >= 0.6 is 11.3 Å². The van der Waals surface area contributed by atoms with Gasteiger partial charge in [0.25, 0.3) is 0 Å². The Balaban J connectivity index is 2.01. The van der Waals surface area contributed by atoms with Crippen LogP contribution in [-0.4, -0.2) is 24.2 Å². The van der Waals surface area contributed by atoms with Crippen molar-refractivity contribution in [2.75, 3.05) is 13.2 Å². The van der Waals surface area contributed by atoms with Gasteiger partial charge >= 0.3 is 0 Å². The molecular weight excluding hydrogens is 208 g/mol. The molecule has 1 saturated heterocycles. The highest BCUT2D eigenvalue weighted by Gasteiger charge is 2.23. The highest BCUT2D eigenvalue weighted by Crippen LogP contribution is 2.23. The van der Waals surface area contributed by atoms with Gasteiger partial charge in [-0.15, -0.1) is 11.3 Å². The Labute approximate surface area is 94.7 Å². The molecule has 2 atom stereocenters. The van der Waals surface area contributed by atoms with Crippen LogP contribution in [0, 0.1) is 19.8 Å². The van der Waals surface area contributed by atoms with Gasteiger partial charge in [-0.25, -0.2) is 4.98 Å². The third kappa shape index (κ3) is 2.56. The van der Waals surface area contributed by atoms with Gasteiger partial charge in [-0.1, -0.05) is 0 Å². The lowest BCUT2D eigenvalue weighted by atomic mass is 9.94. The van der Waals surface area contributed by atoms with Gasteiger partial charge in [-0.05, 0) is 20.3 Å². The van der Waals surface area contributed by atoms with E-state index in [1.807, 2.05) is 0 Å². The van der Waals surface area contributed by atoms with Gasteiger partial charge in [-0.3, -0.25) is 0 Å². The van der Waals surface area contributed by atoms with Crippen molar-refractivity contribution in [2.45, 2.75) is 32.7 Å². The number of nitrogens with zero attached hydrogens (tertiary/aromatic N) is 1. The minimum absolute atomic E-state index is 0.281. The molecule has 3 nitrogen and oxygen atoms in total. The van der Waals surface area contributed by atoms with E-state index in [0.29, 0.717) is 5.92 Å². The summed E-state index contributed by atoms with van der Waals surface area (Å²) in [4.78, 5) is 5.86. The summed E-state index contributed by atoms with van der Waals surface area (Å²) in [6, 6.07) is 0.281. The predicted octanol–water partition coefficient (Wildman–Crippen LogP) is 1.67. The number of hydrogen-bond donors (Lipinski definition) is 1. The second-order valence-electron chi connectivity index (χ2n) is 4.24. The number of ether oxygens (including phenoxy) is 1. The van der Waals surface area contributed by atoms with E-state index in [0.717, 1.165) is 31.7 Å². The minimum atomic E-state index is 0.281.